The van der Waals surface area contributed by atoms with Gasteiger partial charge in [0.2, 0.25) is 0 Å². The van der Waals surface area contributed by atoms with Gasteiger partial charge in [-0.25, -0.2) is 4.98 Å². The van der Waals surface area contributed by atoms with Gasteiger partial charge in [-0.15, -0.1) is 0 Å². The van der Waals surface area contributed by atoms with Crippen molar-refractivity contribution in [2.75, 3.05) is 19.6 Å². The zero-order valence-corrected chi connectivity index (χ0v) is 14.8. The molecule has 1 fully saturated rings. The van der Waals surface area contributed by atoms with Crippen LogP contribution in [-0.4, -0.2) is 58.1 Å². The van der Waals surface area contributed by atoms with E-state index in [0.717, 1.165) is 13.1 Å². The lowest BCUT2D eigenvalue weighted by Gasteiger charge is -2.38. The standard InChI is InChI=1S/C18H24N4O3/c1-12(21-10-13(2)25-14(3)11-21)8-20-17(23)15-9-19-16-6-4-5-7-22(16)18(15)24/h4-7,9,12-14H,8,10-11H2,1-3H3,(H,20,23)/t12-,13-,14+/m1/s1. The molecule has 7 nitrogen and oxygen atoms in total. The van der Waals surface area contributed by atoms with Crippen LogP contribution in [-0.2, 0) is 4.74 Å². The van der Waals surface area contributed by atoms with Gasteiger partial charge in [0, 0.05) is 38.1 Å². The first-order valence-corrected chi connectivity index (χ1v) is 8.60. The molecule has 1 aliphatic rings. The van der Waals surface area contributed by atoms with E-state index < -0.39 is 5.91 Å². The molecule has 1 amide bonds. The maximum Gasteiger partial charge on any atom is 0.270 e. The minimum absolute atomic E-state index is 0.0552. The van der Waals surface area contributed by atoms with Crippen molar-refractivity contribution < 1.29 is 9.53 Å². The maximum absolute atomic E-state index is 12.4. The third-order valence-corrected chi connectivity index (χ3v) is 4.49. The molecule has 0 bridgehead atoms. The minimum Gasteiger partial charge on any atom is -0.373 e. The lowest BCUT2D eigenvalue weighted by molar-refractivity contribution is -0.0778. The van der Waals surface area contributed by atoms with E-state index in [1.165, 1.54) is 10.6 Å². The predicted molar refractivity (Wildman–Crippen MR) is 94.8 cm³/mol. The Morgan fingerprint density at radius 3 is 2.80 bits per heavy atom. The molecule has 7 heteroatoms. The summed E-state index contributed by atoms with van der Waals surface area (Å²) in [6.45, 7) is 8.31. The van der Waals surface area contributed by atoms with Crippen molar-refractivity contribution >= 4 is 11.6 Å². The van der Waals surface area contributed by atoms with Gasteiger partial charge in [-0.2, -0.15) is 0 Å². The molecule has 0 aromatic carbocycles. The van der Waals surface area contributed by atoms with Crippen molar-refractivity contribution in [1.82, 2.24) is 19.6 Å². The monoisotopic (exact) mass is 344 g/mol. The van der Waals surface area contributed by atoms with Crippen LogP contribution in [0.5, 0.6) is 0 Å². The number of aromatic nitrogens is 2. The number of pyridine rings is 1. The second-order valence-electron chi connectivity index (χ2n) is 6.68. The second kappa shape index (κ2) is 7.33. The molecule has 0 aliphatic carbocycles. The Balaban J connectivity index is 1.66. The number of hydrogen-bond donors (Lipinski definition) is 1. The van der Waals surface area contributed by atoms with Crippen LogP contribution in [0.3, 0.4) is 0 Å². The van der Waals surface area contributed by atoms with E-state index in [1.54, 1.807) is 24.4 Å². The van der Waals surface area contributed by atoms with Crippen molar-refractivity contribution in [3.8, 4) is 0 Å². The first-order chi connectivity index (χ1) is 12.0. The molecule has 3 rings (SSSR count). The van der Waals surface area contributed by atoms with E-state index in [4.69, 9.17) is 4.74 Å². The molecule has 2 aromatic heterocycles. The molecule has 0 unspecified atom stereocenters. The van der Waals surface area contributed by atoms with Crippen LogP contribution in [0.2, 0.25) is 0 Å². The van der Waals surface area contributed by atoms with E-state index in [1.807, 2.05) is 0 Å². The first-order valence-electron chi connectivity index (χ1n) is 8.60. The van der Waals surface area contributed by atoms with Gasteiger partial charge in [0.05, 0.1) is 12.2 Å². The highest BCUT2D eigenvalue weighted by molar-refractivity contribution is 5.93. The van der Waals surface area contributed by atoms with Crippen molar-refractivity contribution in [3.63, 3.8) is 0 Å². The normalized spacial score (nSPS) is 22.7. The number of amides is 1. The molecule has 0 saturated carbocycles. The largest absolute Gasteiger partial charge is 0.373 e. The highest BCUT2D eigenvalue weighted by atomic mass is 16.5. The fourth-order valence-corrected chi connectivity index (χ4v) is 3.22. The zero-order valence-electron chi connectivity index (χ0n) is 14.8. The van der Waals surface area contributed by atoms with Gasteiger partial charge in [0.1, 0.15) is 11.2 Å². The molecule has 3 atom stereocenters. The molecule has 0 spiro atoms. The van der Waals surface area contributed by atoms with Crippen LogP contribution < -0.4 is 10.9 Å². The summed E-state index contributed by atoms with van der Waals surface area (Å²) in [5, 5.41) is 2.86. The Labute approximate surface area is 146 Å². The number of hydrogen-bond acceptors (Lipinski definition) is 5. The number of ether oxygens (including phenoxy) is 1. The van der Waals surface area contributed by atoms with Crippen LogP contribution in [0.1, 0.15) is 31.1 Å². The third kappa shape index (κ3) is 3.88. The molecule has 1 N–H and O–H groups in total. The average Bonchev–Trinajstić information content (AvgIpc) is 2.59. The number of morpholine rings is 1. The zero-order chi connectivity index (χ0) is 18.0. The molecule has 3 heterocycles. The molecule has 1 saturated heterocycles. The Hall–Kier alpha value is -2.25. The van der Waals surface area contributed by atoms with Crippen LogP contribution in [0.25, 0.3) is 5.65 Å². The van der Waals surface area contributed by atoms with Crippen LogP contribution in [0.4, 0.5) is 0 Å². The summed E-state index contributed by atoms with van der Waals surface area (Å²) >= 11 is 0. The smallest absolute Gasteiger partial charge is 0.270 e. The van der Waals surface area contributed by atoms with Crippen molar-refractivity contribution in [3.05, 3.63) is 46.5 Å². The SMILES string of the molecule is C[C@@H]1CN([C@H](C)CNC(=O)c2cnc3ccccn3c2=O)C[C@H](C)O1. The first kappa shape index (κ1) is 17.6. The summed E-state index contributed by atoms with van der Waals surface area (Å²) in [4.78, 5) is 31.3. The Bertz CT molecular complexity index is 809. The van der Waals surface area contributed by atoms with Crippen molar-refractivity contribution in [2.45, 2.75) is 39.0 Å². The number of carbonyl (C=O) groups is 1. The number of nitrogens with zero attached hydrogens (tertiary/aromatic N) is 3. The number of fused-ring (bicyclic) bond motifs is 1. The fourth-order valence-electron chi connectivity index (χ4n) is 3.22. The number of nitrogens with one attached hydrogen (secondary N) is 1. The highest BCUT2D eigenvalue weighted by Gasteiger charge is 2.26. The van der Waals surface area contributed by atoms with E-state index in [0.29, 0.717) is 12.2 Å². The van der Waals surface area contributed by atoms with Crippen molar-refractivity contribution in [2.24, 2.45) is 0 Å². The van der Waals surface area contributed by atoms with E-state index in [9.17, 15) is 9.59 Å². The lowest BCUT2D eigenvalue weighted by atomic mass is 10.1. The molecular weight excluding hydrogens is 320 g/mol. The fraction of sp³-hybridized carbons (Fsp3) is 0.500. The molecule has 1 aliphatic heterocycles. The number of carbonyl (C=O) groups excluding carboxylic acids is 1. The summed E-state index contributed by atoms with van der Waals surface area (Å²) in [5.41, 5.74) is 0.220. The summed E-state index contributed by atoms with van der Waals surface area (Å²) in [7, 11) is 0. The van der Waals surface area contributed by atoms with E-state index in [-0.39, 0.29) is 29.4 Å². The van der Waals surface area contributed by atoms with Crippen LogP contribution in [0, 0.1) is 0 Å². The van der Waals surface area contributed by atoms with Gasteiger partial charge < -0.3 is 10.1 Å². The van der Waals surface area contributed by atoms with Crippen LogP contribution >= 0.6 is 0 Å². The summed E-state index contributed by atoms with van der Waals surface area (Å²) in [6.07, 6.45) is 3.31. The lowest BCUT2D eigenvalue weighted by Crippen LogP contribution is -2.52. The van der Waals surface area contributed by atoms with Gasteiger partial charge in [-0.05, 0) is 32.9 Å². The second-order valence-corrected chi connectivity index (χ2v) is 6.68. The maximum atomic E-state index is 12.4. The van der Waals surface area contributed by atoms with Gasteiger partial charge >= 0.3 is 0 Å². The molecule has 0 radical (unpaired) electrons. The predicted octanol–water partition coefficient (Wildman–Crippen LogP) is 0.922. The van der Waals surface area contributed by atoms with Gasteiger partial charge in [0.15, 0.2) is 0 Å². The summed E-state index contributed by atoms with van der Waals surface area (Å²) < 4.78 is 7.12. The van der Waals surface area contributed by atoms with Crippen molar-refractivity contribution in [1.29, 1.82) is 0 Å². The molecular formula is C18H24N4O3. The Morgan fingerprint density at radius 2 is 2.08 bits per heavy atom. The van der Waals surface area contributed by atoms with Gasteiger partial charge in [-0.3, -0.25) is 18.9 Å². The summed E-state index contributed by atoms with van der Waals surface area (Å²) in [5.74, 6) is -0.392. The van der Waals surface area contributed by atoms with E-state index in [2.05, 4.69) is 36.0 Å². The van der Waals surface area contributed by atoms with Gasteiger partial charge in [0.25, 0.3) is 11.5 Å². The Kier molecular flexibility index (Phi) is 5.15. The molecule has 25 heavy (non-hydrogen) atoms. The molecule has 2 aromatic rings. The number of rotatable bonds is 4. The quantitative estimate of drug-likeness (QED) is 0.893. The highest BCUT2D eigenvalue weighted by Crippen LogP contribution is 2.13. The average molecular weight is 344 g/mol. The Morgan fingerprint density at radius 1 is 1.36 bits per heavy atom. The van der Waals surface area contributed by atoms with Gasteiger partial charge in [-0.1, -0.05) is 6.07 Å². The summed E-state index contributed by atoms with van der Waals surface area (Å²) in [6, 6.07) is 5.42. The van der Waals surface area contributed by atoms with E-state index >= 15 is 0 Å². The third-order valence-electron chi connectivity index (χ3n) is 4.49. The topological polar surface area (TPSA) is 75.9 Å². The molecule has 134 valence electrons. The minimum atomic E-state index is -0.392. The van der Waals surface area contributed by atoms with Crippen LogP contribution in [0.15, 0.2) is 35.4 Å².